The fraction of sp³-hybridized carbons (Fsp3) is 0.536. The second-order valence-corrected chi connectivity index (χ2v) is 26.0. The first-order chi connectivity index (χ1) is 39.2. The number of nitrogens with one attached hydrogen (secondary N) is 2. The first-order valence-corrected chi connectivity index (χ1v) is 31.6. The third kappa shape index (κ3) is 18.7. The van der Waals surface area contributed by atoms with E-state index in [1.807, 2.05) is 4.90 Å². The first-order valence-electron chi connectivity index (χ1n) is 27.4. The summed E-state index contributed by atoms with van der Waals surface area (Å²) < 4.78 is 205. The van der Waals surface area contributed by atoms with E-state index in [-0.39, 0.29) is 29.4 Å². The molecule has 464 valence electrons. The number of hydrogen-bond donors (Lipinski definition) is 2. The number of sulfone groups is 2. The highest BCUT2D eigenvalue weighted by atomic mass is 32.2. The highest BCUT2D eigenvalue weighted by molar-refractivity contribution is 7.91. The SMILES string of the molecule is CS(=O)(=O)c1ccc(NC2CCN(C(=O)CCCN3CCN(c4ccc(C(F)(F)F)cc4)CC3)CC2)cc1C(F)(F)F.CS(=O)(=O)c1ccc(NC2CCN(C(=S)CCCN3CCN(c4ccc(C(F)(F)F)cc4)CC3)CC2)cc1C(F)(F)F. The van der Waals surface area contributed by atoms with Crippen LogP contribution in [0.3, 0.4) is 0 Å². The lowest BCUT2D eigenvalue weighted by molar-refractivity contribution is -0.140. The molecule has 84 heavy (non-hydrogen) atoms. The molecule has 0 bridgehead atoms. The van der Waals surface area contributed by atoms with Crippen LogP contribution in [0.1, 0.15) is 73.6 Å². The Kier molecular flexibility index (Phi) is 21.5. The number of thiocarbonyl (C=S) groups is 1. The number of alkyl halides is 12. The van der Waals surface area contributed by atoms with Crippen molar-refractivity contribution in [3.8, 4) is 0 Å². The zero-order valence-corrected chi connectivity index (χ0v) is 48.7. The van der Waals surface area contributed by atoms with Crippen molar-refractivity contribution in [2.75, 3.05) is 125 Å². The Labute approximate surface area is 487 Å². The van der Waals surface area contributed by atoms with E-state index in [0.717, 1.165) is 143 Å². The number of anilines is 4. The molecule has 1 amide bonds. The minimum atomic E-state index is -4.81. The molecule has 4 aromatic carbocycles. The van der Waals surface area contributed by atoms with Gasteiger partial charge < -0.3 is 30.2 Å². The Morgan fingerprint density at radius 2 is 0.821 bits per heavy atom. The molecule has 0 saturated carbocycles. The van der Waals surface area contributed by atoms with Gasteiger partial charge >= 0.3 is 24.7 Å². The third-order valence-corrected chi connectivity index (χ3v) is 18.2. The molecule has 0 atom stereocenters. The molecule has 4 heterocycles. The molecule has 0 unspecified atom stereocenters. The van der Waals surface area contributed by atoms with E-state index in [4.69, 9.17) is 12.2 Å². The van der Waals surface area contributed by atoms with Crippen LogP contribution < -0.4 is 20.4 Å². The number of piperazine rings is 2. The Morgan fingerprint density at radius 1 is 0.476 bits per heavy atom. The molecular weight excluding hydrogens is 1190 g/mol. The average Bonchev–Trinajstić information content (AvgIpc) is 1.80. The summed E-state index contributed by atoms with van der Waals surface area (Å²) in [5, 5.41) is 6.17. The highest BCUT2D eigenvalue weighted by Crippen LogP contribution is 2.39. The third-order valence-electron chi connectivity index (χ3n) is 15.4. The highest BCUT2D eigenvalue weighted by Gasteiger charge is 2.39. The van der Waals surface area contributed by atoms with Gasteiger partial charge in [-0.15, -0.1) is 0 Å². The monoisotopic (exact) mass is 1260 g/mol. The standard InChI is InChI=1S/C28H34F6N4O3S.C28H34F6N4O2S2/c1-42(40,41)25-9-6-22(19-24(25)28(32,33)34)35-21-10-13-38(14-11-21)26(39)3-2-12-36-15-17-37(18-16-36)23-7-4-20(5-8-23)27(29,30)31;1-42(39,40)25-9-6-22(19-24(25)28(32,33)34)35-21-10-13-38(14-11-21)26(41)3-2-12-36-15-17-37(18-16-36)23-7-4-20(5-8-23)27(29,30)31/h2*4-9,19,21,35H,2-3,10-18H2,1H3. The van der Waals surface area contributed by atoms with Gasteiger partial charge in [0.1, 0.15) is 0 Å². The summed E-state index contributed by atoms with van der Waals surface area (Å²) in [6.07, 6.45) is -11.7. The number of rotatable bonds is 16. The Balaban J connectivity index is 0.000000241. The minimum Gasteiger partial charge on any atom is -0.382 e. The van der Waals surface area contributed by atoms with Crippen molar-refractivity contribution in [1.29, 1.82) is 0 Å². The summed E-state index contributed by atoms with van der Waals surface area (Å²) in [6, 6.07) is 16.5. The number of hydrogen-bond acceptors (Lipinski definition) is 12. The van der Waals surface area contributed by atoms with Gasteiger partial charge in [-0.05, 0) is 143 Å². The molecule has 4 aliphatic heterocycles. The molecule has 28 heteroatoms. The van der Waals surface area contributed by atoms with Gasteiger partial charge in [-0.25, -0.2) is 16.8 Å². The molecule has 4 aromatic rings. The average molecular weight is 1260 g/mol. The molecule has 2 N–H and O–H groups in total. The van der Waals surface area contributed by atoms with Gasteiger partial charge in [-0.3, -0.25) is 14.6 Å². The molecule has 0 spiro atoms. The van der Waals surface area contributed by atoms with Crippen LogP contribution in [-0.4, -0.2) is 164 Å². The van der Waals surface area contributed by atoms with Crippen molar-refractivity contribution < 1.29 is 74.3 Å². The van der Waals surface area contributed by atoms with E-state index in [2.05, 4.69) is 30.2 Å². The topological polar surface area (TPSA) is 129 Å². The van der Waals surface area contributed by atoms with Gasteiger partial charge in [0.2, 0.25) is 5.91 Å². The molecule has 0 radical (unpaired) electrons. The van der Waals surface area contributed by atoms with Crippen LogP contribution in [-0.2, 0) is 49.2 Å². The zero-order valence-electron chi connectivity index (χ0n) is 46.3. The van der Waals surface area contributed by atoms with Gasteiger partial charge in [-0.2, -0.15) is 52.7 Å². The Hall–Kier alpha value is -5.58. The summed E-state index contributed by atoms with van der Waals surface area (Å²) in [5.41, 5.74) is -1.75. The zero-order chi connectivity index (χ0) is 61.4. The van der Waals surface area contributed by atoms with Crippen LogP contribution in [0.15, 0.2) is 94.7 Å². The van der Waals surface area contributed by atoms with E-state index in [1.165, 1.54) is 36.4 Å². The minimum absolute atomic E-state index is 0.0219. The normalized spacial score (nSPS) is 17.9. The lowest BCUT2D eigenvalue weighted by Crippen LogP contribution is -2.47. The van der Waals surface area contributed by atoms with E-state index < -0.39 is 76.4 Å². The predicted octanol–water partition coefficient (Wildman–Crippen LogP) is 11.1. The lowest BCUT2D eigenvalue weighted by atomic mass is 10.0. The maximum atomic E-state index is 13.5. The smallest absolute Gasteiger partial charge is 0.382 e. The second kappa shape index (κ2) is 27.4. The number of carbonyl (C=O) groups is 1. The number of nitrogens with zero attached hydrogens (tertiary/aromatic N) is 6. The van der Waals surface area contributed by atoms with Gasteiger partial charge in [-0.1, -0.05) is 12.2 Å². The number of halogens is 12. The Bertz CT molecular complexity index is 2870. The molecule has 4 fully saturated rings. The van der Waals surface area contributed by atoms with Crippen molar-refractivity contribution in [1.82, 2.24) is 19.6 Å². The van der Waals surface area contributed by atoms with Crippen molar-refractivity contribution >= 4 is 65.5 Å². The fourth-order valence-electron chi connectivity index (χ4n) is 10.8. The number of benzene rings is 4. The molecule has 8 rings (SSSR count). The van der Waals surface area contributed by atoms with E-state index in [1.54, 1.807) is 4.90 Å². The molecular formula is C56H68F12N8O5S3. The molecule has 0 aromatic heterocycles. The summed E-state index contributed by atoms with van der Waals surface area (Å²) in [6.45, 7) is 9.83. The maximum absolute atomic E-state index is 13.5. The van der Waals surface area contributed by atoms with Crippen LogP contribution in [0, 0.1) is 0 Å². The number of amides is 1. The first kappa shape index (κ1) is 66.0. The Morgan fingerprint density at radius 3 is 1.15 bits per heavy atom. The van der Waals surface area contributed by atoms with E-state index >= 15 is 0 Å². The van der Waals surface area contributed by atoms with Gasteiger partial charge in [0.05, 0.1) is 37.0 Å². The lowest BCUT2D eigenvalue weighted by Gasteiger charge is -2.37. The van der Waals surface area contributed by atoms with Crippen LogP contribution in [0.5, 0.6) is 0 Å². The fourth-order valence-corrected chi connectivity index (χ4v) is 12.9. The maximum Gasteiger partial charge on any atom is 0.417 e. The van der Waals surface area contributed by atoms with Crippen LogP contribution in [0.2, 0.25) is 0 Å². The number of carbonyl (C=O) groups excluding carboxylic acids is 1. The van der Waals surface area contributed by atoms with Crippen LogP contribution >= 0.6 is 12.2 Å². The number of piperidine rings is 2. The van der Waals surface area contributed by atoms with Gasteiger partial charge in [0, 0.05) is 132 Å². The quantitative estimate of drug-likeness (QED) is 0.0817. The van der Waals surface area contributed by atoms with Crippen molar-refractivity contribution in [2.45, 2.75) is 97.9 Å². The van der Waals surface area contributed by atoms with Crippen molar-refractivity contribution in [3.63, 3.8) is 0 Å². The summed E-state index contributed by atoms with van der Waals surface area (Å²) >= 11 is 5.65. The molecule has 4 aliphatic rings. The van der Waals surface area contributed by atoms with Gasteiger partial charge in [0.15, 0.2) is 19.7 Å². The summed E-state index contributed by atoms with van der Waals surface area (Å²) in [5.74, 6) is 0.0219. The predicted molar refractivity (Wildman–Crippen MR) is 302 cm³/mol. The van der Waals surface area contributed by atoms with Crippen molar-refractivity contribution in [2.24, 2.45) is 0 Å². The largest absolute Gasteiger partial charge is 0.417 e. The van der Waals surface area contributed by atoms with Crippen molar-refractivity contribution in [3.05, 3.63) is 107 Å². The summed E-state index contributed by atoms with van der Waals surface area (Å²) in [7, 11) is -8.07. The van der Waals surface area contributed by atoms with Crippen LogP contribution in [0.4, 0.5) is 75.4 Å². The molecule has 13 nitrogen and oxygen atoms in total. The number of likely N-dealkylation sites (tertiary alicyclic amines) is 2. The second-order valence-electron chi connectivity index (χ2n) is 21.5. The van der Waals surface area contributed by atoms with E-state index in [9.17, 15) is 74.3 Å². The van der Waals surface area contributed by atoms with Gasteiger partial charge in [0.25, 0.3) is 0 Å². The molecule has 0 aliphatic carbocycles. The van der Waals surface area contributed by atoms with Crippen LogP contribution in [0.25, 0.3) is 0 Å². The molecule has 4 saturated heterocycles. The van der Waals surface area contributed by atoms with E-state index in [0.29, 0.717) is 77.8 Å². The summed E-state index contributed by atoms with van der Waals surface area (Å²) in [4.78, 5) is 24.7.